The molecule has 3 N–H and O–H groups in total. The van der Waals surface area contributed by atoms with Crippen LogP contribution in [0.4, 0.5) is 5.13 Å². The van der Waals surface area contributed by atoms with Gasteiger partial charge in [-0.2, -0.15) is 0 Å². The third-order valence-electron chi connectivity index (χ3n) is 3.65. The Morgan fingerprint density at radius 2 is 2.00 bits per heavy atom. The number of carbonyl (C=O) groups excluding carboxylic acids is 1. The van der Waals surface area contributed by atoms with E-state index >= 15 is 0 Å². The zero-order valence-corrected chi connectivity index (χ0v) is 17.9. The fourth-order valence-electron chi connectivity index (χ4n) is 2.39. The van der Waals surface area contributed by atoms with E-state index < -0.39 is 13.5 Å². The lowest BCUT2D eigenvalue weighted by molar-refractivity contribution is 0.102. The van der Waals surface area contributed by atoms with E-state index in [1.165, 1.54) is 4.88 Å². The highest BCUT2D eigenvalue weighted by Gasteiger charge is 2.21. The number of nitrogens with one attached hydrogen (secondary N) is 1. The monoisotopic (exact) mass is 454 g/mol. The summed E-state index contributed by atoms with van der Waals surface area (Å²) in [7, 11) is -4.41. The molecule has 0 aliphatic heterocycles. The molecule has 0 aliphatic carbocycles. The molecule has 0 bridgehead atoms. The summed E-state index contributed by atoms with van der Waals surface area (Å²) in [4.78, 5) is 36.0. The van der Waals surface area contributed by atoms with E-state index in [2.05, 4.69) is 10.3 Å². The maximum Gasteiger partial charge on any atom is 0.367 e. The van der Waals surface area contributed by atoms with Gasteiger partial charge in [0.15, 0.2) is 5.13 Å². The molecule has 3 aromatic rings. The molecule has 0 saturated carbocycles. The van der Waals surface area contributed by atoms with Gasteiger partial charge in [-0.1, -0.05) is 17.4 Å². The lowest BCUT2D eigenvalue weighted by Crippen LogP contribution is -2.12. The molecule has 154 valence electrons. The summed E-state index contributed by atoms with van der Waals surface area (Å²) in [6.07, 6.45) is 1.80. The molecule has 2 aromatic heterocycles. The van der Waals surface area contributed by atoms with Crippen molar-refractivity contribution in [2.75, 3.05) is 18.5 Å². The van der Waals surface area contributed by atoms with Gasteiger partial charge in [0.1, 0.15) is 16.1 Å². The van der Waals surface area contributed by atoms with Gasteiger partial charge >= 0.3 is 7.60 Å². The summed E-state index contributed by atoms with van der Waals surface area (Å²) in [5.41, 5.74) is 0.287. The quantitative estimate of drug-likeness (QED) is 0.425. The van der Waals surface area contributed by atoms with Crippen molar-refractivity contribution in [2.24, 2.45) is 0 Å². The molecule has 0 spiro atoms. The van der Waals surface area contributed by atoms with Crippen molar-refractivity contribution in [3.05, 3.63) is 52.3 Å². The standard InChI is InChI=1S/C18H19N2O6PS2/c1-2-25-13-8-12(9-14(10-13)26-6-5-15-4-3-7-28-15)17(21)20-18-19-11-16(29-18)27(22,23)24/h3-4,7-11H,2,5-6H2,1H3,(H,19,20,21)(H2,22,23,24). The predicted molar refractivity (Wildman–Crippen MR) is 113 cm³/mol. The van der Waals surface area contributed by atoms with Crippen molar-refractivity contribution in [3.63, 3.8) is 0 Å². The van der Waals surface area contributed by atoms with E-state index in [9.17, 15) is 19.1 Å². The number of hydrogen-bond donors (Lipinski definition) is 3. The minimum absolute atomic E-state index is 0.0929. The maximum absolute atomic E-state index is 12.6. The Labute approximate surface area is 175 Å². The number of anilines is 1. The summed E-state index contributed by atoms with van der Waals surface area (Å²) in [5.74, 6) is 0.496. The van der Waals surface area contributed by atoms with Crippen LogP contribution in [0.1, 0.15) is 22.2 Å². The molecule has 8 nitrogen and oxygen atoms in total. The van der Waals surface area contributed by atoms with Crippen LogP contribution in [0, 0.1) is 0 Å². The second-order valence-electron chi connectivity index (χ2n) is 5.81. The Balaban J connectivity index is 1.72. The minimum atomic E-state index is -4.41. The largest absolute Gasteiger partial charge is 0.494 e. The number of thiazole rings is 1. The average Bonchev–Trinajstić information content (AvgIpc) is 3.33. The van der Waals surface area contributed by atoms with Crippen molar-refractivity contribution in [3.8, 4) is 11.5 Å². The fraction of sp³-hybridized carbons (Fsp3) is 0.222. The second kappa shape index (κ2) is 9.51. The molecule has 0 atom stereocenters. The van der Waals surface area contributed by atoms with Crippen LogP contribution in [0.15, 0.2) is 41.9 Å². The van der Waals surface area contributed by atoms with E-state index in [1.54, 1.807) is 29.5 Å². The molecular weight excluding hydrogens is 435 g/mol. The van der Waals surface area contributed by atoms with Gasteiger partial charge in [-0.15, -0.1) is 11.3 Å². The number of carbonyl (C=O) groups is 1. The van der Waals surface area contributed by atoms with Gasteiger partial charge in [-0.3, -0.25) is 14.7 Å². The Hall–Kier alpha value is -2.23. The van der Waals surface area contributed by atoms with Crippen LogP contribution in [0.5, 0.6) is 11.5 Å². The fourth-order valence-corrected chi connectivity index (χ4v) is 4.57. The van der Waals surface area contributed by atoms with Crippen molar-refractivity contribution < 1.29 is 28.6 Å². The highest BCUT2D eigenvalue weighted by Crippen LogP contribution is 2.36. The summed E-state index contributed by atoms with van der Waals surface area (Å²) >= 11 is 2.38. The number of amides is 1. The van der Waals surface area contributed by atoms with Crippen LogP contribution in [0.25, 0.3) is 0 Å². The van der Waals surface area contributed by atoms with Crippen LogP contribution < -0.4 is 19.4 Å². The first-order valence-corrected chi connectivity index (χ1v) is 11.9. The van der Waals surface area contributed by atoms with Crippen LogP contribution in [-0.2, 0) is 11.0 Å². The molecule has 11 heteroatoms. The number of rotatable bonds is 9. The molecule has 2 heterocycles. The zero-order chi connectivity index (χ0) is 20.9. The van der Waals surface area contributed by atoms with Crippen molar-refractivity contribution in [1.29, 1.82) is 0 Å². The van der Waals surface area contributed by atoms with E-state index in [0.29, 0.717) is 24.7 Å². The third-order valence-corrected chi connectivity index (χ3v) is 6.98. The predicted octanol–water partition coefficient (Wildman–Crippen LogP) is 3.28. The molecule has 1 aromatic carbocycles. The summed E-state index contributed by atoms with van der Waals surface area (Å²) in [6.45, 7) is 2.72. The molecule has 0 unspecified atom stereocenters. The van der Waals surface area contributed by atoms with Crippen LogP contribution >= 0.6 is 30.3 Å². The van der Waals surface area contributed by atoms with E-state index in [0.717, 1.165) is 24.0 Å². The molecule has 1 amide bonds. The molecule has 0 saturated heterocycles. The van der Waals surface area contributed by atoms with Crippen molar-refractivity contribution >= 4 is 45.9 Å². The second-order valence-corrected chi connectivity index (χ2v) is 9.74. The molecule has 0 fully saturated rings. The van der Waals surface area contributed by atoms with Gasteiger partial charge in [0.25, 0.3) is 5.91 Å². The van der Waals surface area contributed by atoms with Crippen LogP contribution in [0.3, 0.4) is 0 Å². The number of ether oxygens (including phenoxy) is 2. The Bertz CT molecular complexity index is 1020. The summed E-state index contributed by atoms with van der Waals surface area (Å²) in [5, 5.41) is 4.64. The molecule has 0 aliphatic rings. The maximum atomic E-state index is 12.6. The normalized spacial score (nSPS) is 11.3. The van der Waals surface area contributed by atoms with Gasteiger partial charge < -0.3 is 19.3 Å². The van der Waals surface area contributed by atoms with Crippen molar-refractivity contribution in [1.82, 2.24) is 4.98 Å². The average molecular weight is 454 g/mol. The Morgan fingerprint density at radius 1 is 1.24 bits per heavy atom. The lowest BCUT2D eigenvalue weighted by atomic mass is 10.2. The van der Waals surface area contributed by atoms with Crippen LogP contribution in [0.2, 0.25) is 0 Å². The van der Waals surface area contributed by atoms with Gasteiger partial charge in [0.05, 0.1) is 19.4 Å². The number of thiophene rings is 1. The first-order valence-electron chi connectivity index (χ1n) is 8.61. The summed E-state index contributed by atoms with van der Waals surface area (Å²) in [6, 6.07) is 8.88. The number of hydrogen-bond acceptors (Lipinski definition) is 7. The summed E-state index contributed by atoms with van der Waals surface area (Å²) < 4.78 is 22.4. The van der Waals surface area contributed by atoms with Gasteiger partial charge in [-0.05, 0) is 30.5 Å². The van der Waals surface area contributed by atoms with E-state index in [4.69, 9.17) is 9.47 Å². The molecule has 3 rings (SSSR count). The van der Waals surface area contributed by atoms with Gasteiger partial charge in [0.2, 0.25) is 0 Å². The number of nitrogens with zero attached hydrogens (tertiary/aromatic N) is 1. The zero-order valence-electron chi connectivity index (χ0n) is 15.4. The molecule has 0 radical (unpaired) electrons. The SMILES string of the molecule is CCOc1cc(OCCc2cccs2)cc(C(=O)Nc2ncc(P(=O)(O)O)s2)c1. The van der Waals surface area contributed by atoms with Gasteiger partial charge in [-0.25, -0.2) is 4.98 Å². The lowest BCUT2D eigenvalue weighted by Gasteiger charge is -2.11. The Morgan fingerprint density at radius 3 is 2.62 bits per heavy atom. The Kier molecular flexibility index (Phi) is 7.05. The highest BCUT2D eigenvalue weighted by atomic mass is 32.1. The molecule has 29 heavy (non-hydrogen) atoms. The van der Waals surface area contributed by atoms with E-state index in [1.807, 2.05) is 24.4 Å². The van der Waals surface area contributed by atoms with E-state index in [-0.39, 0.29) is 15.3 Å². The minimum Gasteiger partial charge on any atom is -0.494 e. The van der Waals surface area contributed by atoms with Crippen molar-refractivity contribution in [2.45, 2.75) is 13.3 Å². The molecular formula is C18H19N2O6PS2. The first kappa shape index (κ1) is 21.5. The number of aromatic nitrogens is 1. The van der Waals surface area contributed by atoms with Gasteiger partial charge in [0, 0.05) is 22.9 Å². The first-order chi connectivity index (χ1) is 13.8. The topological polar surface area (TPSA) is 118 Å². The number of benzene rings is 1. The van der Waals surface area contributed by atoms with Crippen LogP contribution in [-0.4, -0.2) is 33.9 Å². The third kappa shape index (κ3) is 6.12. The highest BCUT2D eigenvalue weighted by molar-refractivity contribution is 7.67. The smallest absolute Gasteiger partial charge is 0.367 e.